The molecule has 4 nitrogen and oxygen atoms in total. The van der Waals surface area contributed by atoms with E-state index in [2.05, 4.69) is 13.0 Å². The van der Waals surface area contributed by atoms with Crippen LogP contribution in [0.5, 0.6) is 5.75 Å². The normalized spacial score (nSPS) is 13.9. The van der Waals surface area contributed by atoms with Crippen molar-refractivity contribution in [2.45, 2.75) is 20.0 Å². The number of nitriles is 1. The summed E-state index contributed by atoms with van der Waals surface area (Å²) in [5.74, 6) is 0.766. The molecule has 4 rings (SSSR count). The second-order valence-corrected chi connectivity index (χ2v) is 7.16. The largest absolute Gasteiger partial charge is 0.489 e. The number of nitrogens with zero attached hydrogens (tertiary/aromatic N) is 2. The predicted molar refractivity (Wildman–Crippen MR) is 119 cm³/mol. The van der Waals surface area contributed by atoms with Gasteiger partial charge in [-0.15, -0.1) is 0 Å². The third-order valence-electron chi connectivity index (χ3n) is 5.13. The number of hydrogen-bond donors (Lipinski definition) is 0. The zero-order chi connectivity index (χ0) is 20.9. The highest BCUT2D eigenvalue weighted by molar-refractivity contribution is 6.35. The fraction of sp³-hybridized carbons (Fsp3) is 0.154. The van der Waals surface area contributed by atoms with E-state index >= 15 is 0 Å². The number of para-hydroxylation sites is 1. The summed E-state index contributed by atoms with van der Waals surface area (Å²) in [7, 11) is 0. The van der Waals surface area contributed by atoms with Gasteiger partial charge >= 0.3 is 0 Å². The first-order chi connectivity index (χ1) is 14.7. The van der Waals surface area contributed by atoms with Crippen molar-refractivity contribution in [3.63, 3.8) is 0 Å². The van der Waals surface area contributed by atoms with Gasteiger partial charge in [-0.25, -0.2) is 0 Å². The molecule has 148 valence electrons. The lowest BCUT2D eigenvalue weighted by Crippen LogP contribution is -2.26. The Labute approximate surface area is 176 Å². The van der Waals surface area contributed by atoms with Gasteiger partial charge in [0.1, 0.15) is 12.4 Å². The Hall–Kier alpha value is -3.84. The molecule has 3 aromatic carbocycles. The fourth-order valence-electron chi connectivity index (χ4n) is 3.64. The summed E-state index contributed by atoms with van der Waals surface area (Å²) in [5.41, 5.74) is 5.09. The van der Waals surface area contributed by atoms with Crippen LogP contribution in [0.2, 0.25) is 0 Å². The molecule has 0 spiro atoms. The zero-order valence-electron chi connectivity index (χ0n) is 16.8. The molecule has 0 unspecified atom stereocenters. The van der Waals surface area contributed by atoms with Gasteiger partial charge in [-0.2, -0.15) is 5.26 Å². The van der Waals surface area contributed by atoms with Gasteiger partial charge in [0, 0.05) is 23.2 Å². The number of hydrogen-bond acceptors (Lipinski definition) is 3. The lowest BCUT2D eigenvalue weighted by molar-refractivity contribution is -0.113. The summed E-state index contributed by atoms with van der Waals surface area (Å²) in [6, 6.07) is 25.2. The number of fused-ring (bicyclic) bond motifs is 1. The van der Waals surface area contributed by atoms with Crippen molar-refractivity contribution in [1.29, 1.82) is 5.26 Å². The van der Waals surface area contributed by atoms with E-state index in [-0.39, 0.29) is 5.91 Å². The number of carbonyl (C=O) groups excluding carboxylic acids is 1. The monoisotopic (exact) mass is 394 g/mol. The SMILES string of the molecule is CCCN1C(=O)/C(=C\c2ccc(OCc3ccccc3C#N)cc2)c2ccccc21. The molecule has 0 saturated heterocycles. The predicted octanol–water partition coefficient (Wildman–Crippen LogP) is 5.43. The van der Waals surface area contributed by atoms with Crippen molar-refractivity contribution >= 4 is 23.2 Å². The Kier molecular flexibility index (Phi) is 5.63. The highest BCUT2D eigenvalue weighted by Crippen LogP contribution is 2.37. The van der Waals surface area contributed by atoms with Crippen LogP contribution in [-0.4, -0.2) is 12.5 Å². The molecule has 1 heterocycles. The molecule has 0 N–H and O–H groups in total. The Morgan fingerprint density at radius 3 is 2.50 bits per heavy atom. The highest BCUT2D eigenvalue weighted by Gasteiger charge is 2.31. The van der Waals surface area contributed by atoms with E-state index < -0.39 is 0 Å². The first-order valence-electron chi connectivity index (χ1n) is 10.0. The molecule has 0 aromatic heterocycles. The summed E-state index contributed by atoms with van der Waals surface area (Å²) in [5, 5.41) is 9.19. The molecular weight excluding hydrogens is 372 g/mol. The molecule has 0 aliphatic carbocycles. The van der Waals surface area contributed by atoms with Crippen molar-refractivity contribution in [2.24, 2.45) is 0 Å². The maximum atomic E-state index is 13.0. The molecule has 1 aliphatic heterocycles. The maximum Gasteiger partial charge on any atom is 0.258 e. The number of anilines is 1. The number of benzene rings is 3. The number of rotatable bonds is 6. The molecule has 0 fully saturated rings. The molecule has 30 heavy (non-hydrogen) atoms. The van der Waals surface area contributed by atoms with Gasteiger partial charge in [0.2, 0.25) is 0 Å². The van der Waals surface area contributed by atoms with Gasteiger partial charge in [0.05, 0.1) is 17.3 Å². The molecule has 1 amide bonds. The second kappa shape index (κ2) is 8.67. The van der Waals surface area contributed by atoms with Crippen LogP contribution in [0.15, 0.2) is 72.8 Å². The van der Waals surface area contributed by atoms with E-state index in [0.717, 1.165) is 40.1 Å². The van der Waals surface area contributed by atoms with Crippen molar-refractivity contribution in [3.8, 4) is 11.8 Å². The van der Waals surface area contributed by atoms with Crippen molar-refractivity contribution < 1.29 is 9.53 Å². The van der Waals surface area contributed by atoms with Crippen LogP contribution in [0.3, 0.4) is 0 Å². The minimum absolute atomic E-state index is 0.0477. The zero-order valence-corrected chi connectivity index (χ0v) is 16.8. The van der Waals surface area contributed by atoms with E-state index in [1.807, 2.05) is 77.7 Å². The van der Waals surface area contributed by atoms with E-state index in [9.17, 15) is 10.1 Å². The summed E-state index contributed by atoms with van der Waals surface area (Å²) >= 11 is 0. The summed E-state index contributed by atoms with van der Waals surface area (Å²) in [6.07, 6.45) is 2.85. The van der Waals surface area contributed by atoms with Crippen LogP contribution < -0.4 is 9.64 Å². The number of carbonyl (C=O) groups is 1. The minimum atomic E-state index is 0.0477. The highest BCUT2D eigenvalue weighted by atomic mass is 16.5. The Morgan fingerprint density at radius 2 is 1.73 bits per heavy atom. The molecule has 3 aromatic rings. The van der Waals surface area contributed by atoms with Crippen LogP contribution in [0, 0.1) is 11.3 Å². The van der Waals surface area contributed by atoms with Gasteiger partial charge in [-0.1, -0.05) is 55.5 Å². The number of amides is 1. The lowest BCUT2D eigenvalue weighted by atomic mass is 10.0. The van der Waals surface area contributed by atoms with Gasteiger partial charge in [0.25, 0.3) is 5.91 Å². The summed E-state index contributed by atoms with van der Waals surface area (Å²) in [6.45, 7) is 3.12. The third-order valence-corrected chi connectivity index (χ3v) is 5.13. The quantitative estimate of drug-likeness (QED) is 0.524. The van der Waals surface area contributed by atoms with Gasteiger partial charge in [0.15, 0.2) is 0 Å². The lowest BCUT2D eigenvalue weighted by Gasteiger charge is -2.15. The van der Waals surface area contributed by atoms with Gasteiger partial charge < -0.3 is 9.64 Å². The Bertz CT molecular complexity index is 1140. The average molecular weight is 394 g/mol. The first kappa shape index (κ1) is 19.5. The maximum absolute atomic E-state index is 13.0. The van der Waals surface area contributed by atoms with Crippen LogP contribution in [-0.2, 0) is 11.4 Å². The first-order valence-corrected chi connectivity index (χ1v) is 10.0. The van der Waals surface area contributed by atoms with Crippen LogP contribution in [0.4, 0.5) is 5.69 Å². The fourth-order valence-corrected chi connectivity index (χ4v) is 3.64. The smallest absolute Gasteiger partial charge is 0.258 e. The van der Waals surface area contributed by atoms with E-state index in [1.165, 1.54) is 0 Å². The summed E-state index contributed by atoms with van der Waals surface area (Å²) in [4.78, 5) is 14.8. The Balaban J connectivity index is 1.53. The van der Waals surface area contributed by atoms with Gasteiger partial charge in [-0.05, 0) is 42.3 Å². The third kappa shape index (κ3) is 3.83. The second-order valence-electron chi connectivity index (χ2n) is 7.16. The van der Waals surface area contributed by atoms with Crippen molar-refractivity contribution in [3.05, 3.63) is 95.1 Å². The topological polar surface area (TPSA) is 53.3 Å². The number of ether oxygens (including phenoxy) is 1. The molecular formula is C26H22N2O2. The van der Waals surface area contributed by atoms with Crippen LogP contribution >= 0.6 is 0 Å². The van der Waals surface area contributed by atoms with Crippen LogP contribution in [0.1, 0.15) is 35.6 Å². The molecule has 0 saturated carbocycles. The molecule has 1 aliphatic rings. The summed E-state index contributed by atoms with van der Waals surface area (Å²) < 4.78 is 5.84. The minimum Gasteiger partial charge on any atom is -0.489 e. The molecule has 0 atom stereocenters. The molecule has 0 bridgehead atoms. The van der Waals surface area contributed by atoms with E-state index in [4.69, 9.17) is 4.74 Å². The van der Waals surface area contributed by atoms with Crippen molar-refractivity contribution in [2.75, 3.05) is 11.4 Å². The van der Waals surface area contributed by atoms with E-state index in [1.54, 1.807) is 6.07 Å². The van der Waals surface area contributed by atoms with E-state index in [0.29, 0.717) is 18.7 Å². The molecule has 4 heteroatoms. The standard InChI is InChI=1S/C26H22N2O2/c1-2-15-28-25-10-6-5-9-23(25)24(26(28)29)16-19-11-13-22(14-12-19)30-18-21-8-4-3-7-20(21)17-27/h3-14,16H,2,15,18H2,1H3/b24-16-. The average Bonchev–Trinajstić information content (AvgIpc) is 3.05. The van der Waals surface area contributed by atoms with Gasteiger partial charge in [-0.3, -0.25) is 4.79 Å². The molecule has 0 radical (unpaired) electrons. The van der Waals surface area contributed by atoms with Crippen LogP contribution in [0.25, 0.3) is 11.6 Å². The van der Waals surface area contributed by atoms with Crippen molar-refractivity contribution in [1.82, 2.24) is 0 Å². The Morgan fingerprint density at radius 1 is 1.00 bits per heavy atom.